The lowest BCUT2D eigenvalue weighted by molar-refractivity contribution is 0.0955. The summed E-state index contributed by atoms with van der Waals surface area (Å²) in [6.07, 6.45) is 5.60. The van der Waals surface area contributed by atoms with Gasteiger partial charge in [-0.05, 0) is 60.2 Å². The van der Waals surface area contributed by atoms with Crippen molar-refractivity contribution in [3.05, 3.63) is 102 Å². The molecule has 0 unspecified atom stereocenters. The Bertz CT molecular complexity index is 1380. The van der Waals surface area contributed by atoms with Gasteiger partial charge in [0, 0.05) is 52.5 Å². The molecular formula is C25H20N4O. The van der Waals surface area contributed by atoms with Crippen LogP contribution < -0.4 is 5.43 Å². The molecule has 0 aliphatic rings. The summed E-state index contributed by atoms with van der Waals surface area (Å²) >= 11 is 0. The minimum Gasteiger partial charge on any atom is -0.344 e. The fraction of sp³-hybridized carbons (Fsp3) is 0.0400. The molecule has 0 atom stereocenters. The van der Waals surface area contributed by atoms with Gasteiger partial charge in [-0.15, -0.1) is 0 Å². The number of nitrogens with one attached hydrogen (secondary N) is 1. The standard InChI is InChI=1S/C25H20N4O/c1-28-23-7-3-2-6-21(23)22-16-18(8-13-24(22)28)17-26-27-25(30)19-9-11-20(12-10-19)29-14-4-5-15-29/h2-17H,1H3,(H,27,30). The Morgan fingerprint density at radius 1 is 0.867 bits per heavy atom. The number of carbonyl (C=O) groups excluding carboxylic acids is 1. The van der Waals surface area contributed by atoms with Crippen LogP contribution in [-0.2, 0) is 7.05 Å². The van der Waals surface area contributed by atoms with E-state index in [0.717, 1.165) is 11.3 Å². The van der Waals surface area contributed by atoms with Crippen LogP contribution in [0.25, 0.3) is 27.5 Å². The molecule has 5 rings (SSSR count). The summed E-state index contributed by atoms with van der Waals surface area (Å²) in [7, 11) is 2.07. The van der Waals surface area contributed by atoms with Crippen LogP contribution in [0.4, 0.5) is 0 Å². The van der Waals surface area contributed by atoms with E-state index >= 15 is 0 Å². The summed E-state index contributed by atoms with van der Waals surface area (Å²) in [6.45, 7) is 0. The van der Waals surface area contributed by atoms with E-state index in [1.807, 2.05) is 59.4 Å². The highest BCUT2D eigenvalue weighted by molar-refractivity contribution is 6.09. The summed E-state index contributed by atoms with van der Waals surface area (Å²) in [5, 5.41) is 6.52. The molecule has 5 aromatic rings. The summed E-state index contributed by atoms with van der Waals surface area (Å²) in [5.74, 6) is -0.239. The van der Waals surface area contributed by atoms with Crippen molar-refractivity contribution in [3.8, 4) is 5.69 Å². The average Bonchev–Trinajstić information content (AvgIpc) is 3.42. The molecule has 5 heteroatoms. The Labute approximate surface area is 173 Å². The van der Waals surface area contributed by atoms with E-state index < -0.39 is 0 Å². The molecule has 2 heterocycles. The van der Waals surface area contributed by atoms with Crippen molar-refractivity contribution in [2.75, 3.05) is 0 Å². The SMILES string of the molecule is Cn1c2ccccc2c2cc(C=NNC(=O)c3ccc(-n4cccc4)cc3)ccc21. The van der Waals surface area contributed by atoms with Gasteiger partial charge in [-0.1, -0.05) is 24.3 Å². The summed E-state index contributed by atoms with van der Waals surface area (Å²) in [5.41, 5.74) is 7.47. The maximum absolute atomic E-state index is 12.4. The van der Waals surface area contributed by atoms with E-state index in [1.54, 1.807) is 18.3 Å². The lowest BCUT2D eigenvalue weighted by atomic mass is 10.1. The van der Waals surface area contributed by atoms with Crippen molar-refractivity contribution in [2.24, 2.45) is 12.1 Å². The number of hydrogen-bond acceptors (Lipinski definition) is 2. The number of hydrazone groups is 1. The lowest BCUT2D eigenvalue weighted by Gasteiger charge is -2.04. The highest BCUT2D eigenvalue weighted by Gasteiger charge is 2.08. The van der Waals surface area contributed by atoms with Crippen LogP contribution in [0.1, 0.15) is 15.9 Å². The van der Waals surface area contributed by atoms with Crippen LogP contribution in [0.5, 0.6) is 0 Å². The fourth-order valence-electron chi connectivity index (χ4n) is 3.79. The van der Waals surface area contributed by atoms with E-state index in [1.165, 1.54) is 21.8 Å². The van der Waals surface area contributed by atoms with Gasteiger partial charge in [0.25, 0.3) is 5.91 Å². The molecule has 0 aliphatic heterocycles. The topological polar surface area (TPSA) is 51.3 Å². The first kappa shape index (κ1) is 17.9. The van der Waals surface area contributed by atoms with Gasteiger partial charge in [-0.25, -0.2) is 5.43 Å². The lowest BCUT2D eigenvalue weighted by Crippen LogP contribution is -2.17. The molecular weight excluding hydrogens is 372 g/mol. The summed E-state index contributed by atoms with van der Waals surface area (Å²) < 4.78 is 4.17. The molecule has 146 valence electrons. The second-order valence-electron chi connectivity index (χ2n) is 7.19. The van der Waals surface area contributed by atoms with Crippen LogP contribution in [-0.4, -0.2) is 21.3 Å². The van der Waals surface area contributed by atoms with E-state index in [0.29, 0.717) is 5.56 Å². The molecule has 0 saturated carbocycles. The first-order chi connectivity index (χ1) is 14.7. The normalized spacial score (nSPS) is 11.5. The molecule has 5 nitrogen and oxygen atoms in total. The van der Waals surface area contributed by atoms with Crippen LogP contribution in [0.2, 0.25) is 0 Å². The molecule has 1 N–H and O–H groups in total. The molecule has 2 aromatic heterocycles. The minimum absolute atomic E-state index is 0.239. The van der Waals surface area contributed by atoms with E-state index in [4.69, 9.17) is 0 Å². The van der Waals surface area contributed by atoms with E-state index in [9.17, 15) is 4.79 Å². The number of amides is 1. The van der Waals surface area contributed by atoms with Gasteiger partial charge in [0.15, 0.2) is 0 Å². The zero-order valence-corrected chi connectivity index (χ0v) is 16.5. The van der Waals surface area contributed by atoms with E-state index in [-0.39, 0.29) is 5.91 Å². The molecule has 0 fully saturated rings. The zero-order chi connectivity index (χ0) is 20.5. The number of hydrogen-bond donors (Lipinski definition) is 1. The molecule has 3 aromatic carbocycles. The average molecular weight is 392 g/mol. The van der Waals surface area contributed by atoms with Gasteiger partial charge in [-0.3, -0.25) is 4.79 Å². The third kappa shape index (κ3) is 3.16. The molecule has 0 aliphatic carbocycles. The van der Waals surface area contributed by atoms with Gasteiger partial charge in [0.05, 0.1) is 6.21 Å². The number of aryl methyl sites for hydroxylation is 1. The Balaban J connectivity index is 1.33. The van der Waals surface area contributed by atoms with Crippen LogP contribution in [0.15, 0.2) is 96.4 Å². The molecule has 0 bridgehead atoms. The van der Waals surface area contributed by atoms with Crippen molar-refractivity contribution < 1.29 is 4.79 Å². The van der Waals surface area contributed by atoms with Crippen molar-refractivity contribution >= 4 is 33.9 Å². The highest BCUT2D eigenvalue weighted by atomic mass is 16.2. The van der Waals surface area contributed by atoms with Crippen molar-refractivity contribution in [3.63, 3.8) is 0 Å². The number of aromatic nitrogens is 2. The maximum atomic E-state index is 12.4. The first-order valence-corrected chi connectivity index (χ1v) is 9.75. The van der Waals surface area contributed by atoms with Crippen LogP contribution >= 0.6 is 0 Å². The summed E-state index contributed by atoms with van der Waals surface area (Å²) in [4.78, 5) is 12.4. The Kier molecular flexibility index (Phi) is 4.41. The Morgan fingerprint density at radius 2 is 1.60 bits per heavy atom. The van der Waals surface area contributed by atoms with Gasteiger partial charge < -0.3 is 9.13 Å². The fourth-order valence-corrected chi connectivity index (χ4v) is 3.79. The Morgan fingerprint density at radius 3 is 2.40 bits per heavy atom. The largest absolute Gasteiger partial charge is 0.344 e. The first-order valence-electron chi connectivity index (χ1n) is 9.75. The monoisotopic (exact) mass is 392 g/mol. The predicted octanol–water partition coefficient (Wildman–Crippen LogP) is 4.89. The zero-order valence-electron chi connectivity index (χ0n) is 16.5. The van der Waals surface area contributed by atoms with E-state index in [2.05, 4.69) is 46.4 Å². The van der Waals surface area contributed by atoms with Gasteiger partial charge in [-0.2, -0.15) is 5.10 Å². The highest BCUT2D eigenvalue weighted by Crippen LogP contribution is 2.28. The van der Waals surface area contributed by atoms with Crippen LogP contribution in [0, 0.1) is 0 Å². The molecule has 1 amide bonds. The number of para-hydroxylation sites is 1. The van der Waals surface area contributed by atoms with Crippen molar-refractivity contribution in [1.29, 1.82) is 0 Å². The Hall–Kier alpha value is -4.12. The summed E-state index contributed by atoms with van der Waals surface area (Å²) in [6, 6.07) is 25.8. The van der Waals surface area contributed by atoms with Crippen molar-refractivity contribution in [1.82, 2.24) is 14.6 Å². The van der Waals surface area contributed by atoms with Gasteiger partial charge in [0.1, 0.15) is 0 Å². The van der Waals surface area contributed by atoms with Crippen LogP contribution in [0.3, 0.4) is 0 Å². The quantitative estimate of drug-likeness (QED) is 0.344. The second kappa shape index (κ2) is 7.37. The number of nitrogens with zero attached hydrogens (tertiary/aromatic N) is 3. The molecule has 0 spiro atoms. The number of carbonyl (C=O) groups is 1. The molecule has 0 radical (unpaired) electrons. The number of rotatable bonds is 4. The third-order valence-corrected chi connectivity index (χ3v) is 5.35. The predicted molar refractivity (Wildman–Crippen MR) is 121 cm³/mol. The maximum Gasteiger partial charge on any atom is 0.271 e. The minimum atomic E-state index is -0.239. The molecule has 30 heavy (non-hydrogen) atoms. The number of benzene rings is 3. The smallest absolute Gasteiger partial charge is 0.271 e. The van der Waals surface area contributed by atoms with Gasteiger partial charge in [0.2, 0.25) is 0 Å². The van der Waals surface area contributed by atoms with Gasteiger partial charge >= 0.3 is 0 Å². The number of fused-ring (bicyclic) bond motifs is 3. The van der Waals surface area contributed by atoms with Crippen molar-refractivity contribution in [2.45, 2.75) is 0 Å². The molecule has 0 saturated heterocycles. The second-order valence-corrected chi connectivity index (χ2v) is 7.19. The third-order valence-electron chi connectivity index (χ3n) is 5.35.